The lowest BCUT2D eigenvalue weighted by Gasteiger charge is -2.43. The fourth-order valence-electron chi connectivity index (χ4n) is 6.42. The van der Waals surface area contributed by atoms with E-state index in [0.29, 0.717) is 24.6 Å². The standard InChI is InChI=1S/C30H39N3O3/c1-6-36-30(35)25-16-28(32(5)20(25)3)26-14-22-11-12-31(4)17-24(22)15-27(26)29(34)33-18-23-10-8-7-9-21(23)13-19(33)2/h7-8,10,14-16,19,21,26-27H,6,9,11-13,17-18H2,1-5H3. The number of hydrogen-bond donors (Lipinski definition) is 0. The van der Waals surface area contributed by atoms with Crippen LogP contribution in [-0.2, 0) is 16.6 Å². The molecule has 0 saturated carbocycles. The summed E-state index contributed by atoms with van der Waals surface area (Å²) in [4.78, 5) is 31.4. The van der Waals surface area contributed by atoms with Crippen LogP contribution in [0.15, 0.2) is 53.2 Å². The number of likely N-dealkylation sites (N-methyl/N-ethyl adjacent to an activating group) is 1. The van der Waals surface area contributed by atoms with Gasteiger partial charge in [0.1, 0.15) is 0 Å². The highest BCUT2D eigenvalue weighted by atomic mass is 16.5. The lowest BCUT2D eigenvalue weighted by Crippen LogP contribution is -2.49. The number of carbonyl (C=O) groups is 2. The monoisotopic (exact) mass is 489 g/mol. The first kappa shape index (κ1) is 24.8. The molecule has 0 radical (unpaired) electrons. The lowest BCUT2D eigenvalue weighted by atomic mass is 9.76. The molecule has 4 unspecified atom stereocenters. The summed E-state index contributed by atoms with van der Waals surface area (Å²) >= 11 is 0. The smallest absolute Gasteiger partial charge is 0.339 e. The Bertz CT molecular complexity index is 1180. The Morgan fingerprint density at radius 3 is 2.72 bits per heavy atom. The van der Waals surface area contributed by atoms with Crippen molar-refractivity contribution in [2.45, 2.75) is 52.0 Å². The van der Waals surface area contributed by atoms with Crippen LogP contribution in [0.4, 0.5) is 0 Å². The molecule has 0 spiro atoms. The minimum atomic E-state index is -0.299. The summed E-state index contributed by atoms with van der Waals surface area (Å²) in [5.41, 5.74) is 6.45. The second kappa shape index (κ2) is 9.89. The highest BCUT2D eigenvalue weighted by Gasteiger charge is 2.40. The number of aromatic nitrogens is 1. The minimum Gasteiger partial charge on any atom is -0.462 e. The van der Waals surface area contributed by atoms with Gasteiger partial charge in [-0.25, -0.2) is 4.79 Å². The number of likely N-dealkylation sites (tertiary alicyclic amines) is 2. The Balaban J connectivity index is 1.53. The van der Waals surface area contributed by atoms with Gasteiger partial charge in [-0.3, -0.25) is 4.79 Å². The van der Waals surface area contributed by atoms with Crippen molar-refractivity contribution in [1.82, 2.24) is 14.4 Å². The average Bonchev–Trinajstić information content (AvgIpc) is 3.16. The molecule has 6 nitrogen and oxygen atoms in total. The Morgan fingerprint density at radius 2 is 1.94 bits per heavy atom. The zero-order chi connectivity index (χ0) is 25.6. The fraction of sp³-hybridized carbons (Fsp3) is 0.533. The van der Waals surface area contributed by atoms with Crippen molar-refractivity contribution in [3.63, 3.8) is 0 Å². The van der Waals surface area contributed by atoms with Gasteiger partial charge in [-0.15, -0.1) is 0 Å². The number of piperidine rings is 2. The van der Waals surface area contributed by atoms with Gasteiger partial charge >= 0.3 is 5.97 Å². The van der Waals surface area contributed by atoms with Crippen molar-refractivity contribution < 1.29 is 14.3 Å². The number of fused-ring (bicyclic) bond motifs is 2. The topological polar surface area (TPSA) is 54.8 Å². The van der Waals surface area contributed by atoms with E-state index in [1.54, 1.807) is 0 Å². The normalized spacial score (nSPS) is 28.0. The van der Waals surface area contributed by atoms with Crippen LogP contribution < -0.4 is 0 Å². The van der Waals surface area contributed by atoms with Crippen LogP contribution in [0.2, 0.25) is 0 Å². The summed E-state index contributed by atoms with van der Waals surface area (Å²) < 4.78 is 7.40. The fourth-order valence-corrected chi connectivity index (χ4v) is 6.42. The number of ether oxygens (including phenoxy) is 1. The Hall–Kier alpha value is -2.86. The van der Waals surface area contributed by atoms with Crippen LogP contribution >= 0.6 is 0 Å². The zero-order valence-electron chi connectivity index (χ0n) is 22.3. The maximum atomic E-state index is 14.3. The van der Waals surface area contributed by atoms with Gasteiger partial charge in [0.25, 0.3) is 0 Å². The average molecular weight is 490 g/mol. The highest BCUT2D eigenvalue weighted by Crippen LogP contribution is 2.42. The van der Waals surface area contributed by atoms with Gasteiger partial charge in [-0.05, 0) is 75.8 Å². The molecule has 0 bridgehead atoms. The molecule has 1 amide bonds. The summed E-state index contributed by atoms with van der Waals surface area (Å²) in [5, 5.41) is 0. The maximum absolute atomic E-state index is 14.3. The van der Waals surface area contributed by atoms with Gasteiger partial charge < -0.3 is 19.1 Å². The van der Waals surface area contributed by atoms with E-state index in [-0.39, 0.29) is 29.8 Å². The van der Waals surface area contributed by atoms with Gasteiger partial charge in [0.15, 0.2) is 0 Å². The SMILES string of the molecule is CCOC(=O)c1cc(C2C=C3CCN(C)CC3=CC2C(=O)N2CC3=CC=CCC3CC2C)n(C)c1C. The molecular weight excluding hydrogens is 450 g/mol. The van der Waals surface area contributed by atoms with Crippen LogP contribution in [0.1, 0.15) is 60.8 Å². The van der Waals surface area contributed by atoms with Crippen LogP contribution in [0.5, 0.6) is 0 Å². The van der Waals surface area contributed by atoms with E-state index >= 15 is 0 Å². The number of carbonyl (C=O) groups excluding carboxylic acids is 2. The number of esters is 1. The molecule has 2 saturated heterocycles. The predicted octanol–water partition coefficient (Wildman–Crippen LogP) is 4.54. The van der Waals surface area contributed by atoms with E-state index in [1.165, 1.54) is 16.7 Å². The first-order valence-electron chi connectivity index (χ1n) is 13.4. The van der Waals surface area contributed by atoms with Crippen molar-refractivity contribution in [3.05, 3.63) is 70.1 Å². The maximum Gasteiger partial charge on any atom is 0.339 e. The molecule has 4 aliphatic rings. The quantitative estimate of drug-likeness (QED) is 0.583. The molecule has 0 N–H and O–H groups in total. The molecule has 2 aliphatic carbocycles. The lowest BCUT2D eigenvalue weighted by molar-refractivity contribution is -0.137. The second-order valence-corrected chi connectivity index (χ2v) is 10.9. The van der Waals surface area contributed by atoms with Gasteiger partial charge in [-0.1, -0.05) is 30.4 Å². The minimum absolute atomic E-state index is 0.114. The number of allylic oxidation sites excluding steroid dienone is 4. The highest BCUT2D eigenvalue weighted by molar-refractivity contribution is 5.91. The molecule has 3 heterocycles. The van der Waals surface area contributed by atoms with E-state index in [2.05, 4.69) is 58.7 Å². The van der Waals surface area contributed by atoms with Gasteiger partial charge in [-0.2, -0.15) is 0 Å². The third kappa shape index (κ3) is 4.40. The molecular formula is C30H39N3O3. The van der Waals surface area contributed by atoms with E-state index < -0.39 is 0 Å². The number of hydrogen-bond acceptors (Lipinski definition) is 4. The van der Waals surface area contributed by atoms with Gasteiger partial charge in [0.2, 0.25) is 5.91 Å². The molecule has 192 valence electrons. The second-order valence-electron chi connectivity index (χ2n) is 10.9. The number of nitrogens with zero attached hydrogens (tertiary/aromatic N) is 3. The van der Waals surface area contributed by atoms with Crippen LogP contribution in [0, 0.1) is 18.8 Å². The molecule has 5 rings (SSSR count). The summed E-state index contributed by atoms with van der Waals surface area (Å²) in [6.07, 6.45) is 14.2. The summed E-state index contributed by atoms with van der Waals surface area (Å²) in [6.45, 7) is 8.91. The first-order chi connectivity index (χ1) is 17.3. The van der Waals surface area contributed by atoms with E-state index in [9.17, 15) is 9.59 Å². The third-order valence-corrected chi connectivity index (χ3v) is 8.64. The zero-order valence-corrected chi connectivity index (χ0v) is 22.3. The molecule has 4 atom stereocenters. The molecule has 2 aliphatic heterocycles. The number of amides is 1. The summed E-state index contributed by atoms with van der Waals surface area (Å²) in [7, 11) is 4.14. The van der Waals surface area contributed by atoms with Gasteiger partial charge in [0, 0.05) is 50.0 Å². The first-order valence-corrected chi connectivity index (χ1v) is 13.4. The predicted molar refractivity (Wildman–Crippen MR) is 142 cm³/mol. The van der Waals surface area contributed by atoms with Crippen LogP contribution in [0.25, 0.3) is 0 Å². The van der Waals surface area contributed by atoms with Crippen molar-refractivity contribution in [1.29, 1.82) is 0 Å². The van der Waals surface area contributed by atoms with Crippen molar-refractivity contribution in [2.75, 3.05) is 33.3 Å². The molecule has 0 aromatic carbocycles. The number of rotatable bonds is 4. The molecule has 1 aromatic rings. The Morgan fingerprint density at radius 1 is 1.14 bits per heavy atom. The molecule has 36 heavy (non-hydrogen) atoms. The van der Waals surface area contributed by atoms with Crippen LogP contribution in [-0.4, -0.2) is 65.6 Å². The van der Waals surface area contributed by atoms with E-state index in [0.717, 1.165) is 43.7 Å². The Kier molecular flexibility index (Phi) is 6.82. The van der Waals surface area contributed by atoms with Crippen molar-refractivity contribution in [3.8, 4) is 0 Å². The molecule has 6 heteroatoms. The summed E-state index contributed by atoms with van der Waals surface area (Å²) in [6, 6.07) is 2.16. The molecule has 1 aromatic heterocycles. The van der Waals surface area contributed by atoms with E-state index in [1.807, 2.05) is 27.0 Å². The Labute approximate surface area is 215 Å². The van der Waals surface area contributed by atoms with Crippen molar-refractivity contribution in [2.24, 2.45) is 18.9 Å². The summed E-state index contributed by atoms with van der Waals surface area (Å²) in [5.74, 6) is 0.0325. The van der Waals surface area contributed by atoms with Crippen molar-refractivity contribution >= 4 is 11.9 Å². The van der Waals surface area contributed by atoms with E-state index in [4.69, 9.17) is 4.74 Å². The largest absolute Gasteiger partial charge is 0.462 e. The van der Waals surface area contributed by atoms with Crippen LogP contribution in [0.3, 0.4) is 0 Å². The molecule has 2 fully saturated rings. The van der Waals surface area contributed by atoms with Gasteiger partial charge in [0.05, 0.1) is 18.1 Å². The third-order valence-electron chi connectivity index (χ3n) is 8.64.